The molecular weight excluding hydrogens is 381 g/mol. The molecule has 1 saturated carbocycles. The molecule has 1 atom stereocenters. The first-order chi connectivity index (χ1) is 13.7. The van der Waals surface area contributed by atoms with Gasteiger partial charge in [-0.2, -0.15) is 13.2 Å². The highest BCUT2D eigenvalue weighted by molar-refractivity contribution is 5.81. The van der Waals surface area contributed by atoms with Gasteiger partial charge in [0.25, 0.3) is 0 Å². The van der Waals surface area contributed by atoms with Crippen LogP contribution in [0.15, 0.2) is 29.3 Å². The maximum Gasteiger partial charge on any atom is 0.416 e. The van der Waals surface area contributed by atoms with E-state index in [0.29, 0.717) is 37.6 Å². The van der Waals surface area contributed by atoms with E-state index >= 15 is 0 Å². The number of hydrogen-bond acceptors (Lipinski definition) is 2. The smallest absolute Gasteiger partial charge is 0.357 e. The zero-order valence-electron chi connectivity index (χ0n) is 17.0. The molecule has 1 aliphatic carbocycles. The largest absolute Gasteiger partial charge is 0.416 e. The van der Waals surface area contributed by atoms with E-state index in [9.17, 15) is 18.0 Å². The third-order valence-electron chi connectivity index (χ3n) is 5.96. The minimum atomic E-state index is -4.34. The number of alkyl halides is 3. The van der Waals surface area contributed by atoms with Gasteiger partial charge in [0, 0.05) is 38.0 Å². The highest BCUT2D eigenvalue weighted by Gasteiger charge is 2.40. The lowest BCUT2D eigenvalue weighted by Crippen LogP contribution is -2.52. The summed E-state index contributed by atoms with van der Waals surface area (Å²) in [5.41, 5.74) is -0.241. The summed E-state index contributed by atoms with van der Waals surface area (Å²) in [6.45, 7) is 3.71. The highest BCUT2D eigenvalue weighted by Crippen LogP contribution is 2.45. The fraction of sp³-hybridized carbons (Fsp3) is 0.619. The Morgan fingerprint density at radius 3 is 2.69 bits per heavy atom. The average molecular weight is 410 g/mol. The number of likely N-dealkylation sites (N-methyl/N-ethyl adjacent to an activating group) is 1. The molecule has 1 aromatic rings. The number of benzene rings is 1. The van der Waals surface area contributed by atoms with Crippen molar-refractivity contribution in [1.82, 2.24) is 15.5 Å². The van der Waals surface area contributed by atoms with E-state index in [1.54, 1.807) is 18.0 Å². The molecule has 160 valence electrons. The number of hydrogen-bond donors (Lipinski definition) is 2. The van der Waals surface area contributed by atoms with Crippen molar-refractivity contribution in [3.05, 3.63) is 35.4 Å². The summed E-state index contributed by atoms with van der Waals surface area (Å²) in [5.74, 6) is 0.793. The predicted molar refractivity (Wildman–Crippen MR) is 107 cm³/mol. The number of likely N-dealkylation sites (tertiary alicyclic amines) is 1. The monoisotopic (exact) mass is 410 g/mol. The van der Waals surface area contributed by atoms with Gasteiger partial charge in [0.05, 0.1) is 12.1 Å². The van der Waals surface area contributed by atoms with Crippen molar-refractivity contribution in [2.45, 2.75) is 56.7 Å². The van der Waals surface area contributed by atoms with E-state index < -0.39 is 11.7 Å². The third kappa shape index (κ3) is 5.03. The number of nitrogens with one attached hydrogen (secondary N) is 2. The van der Waals surface area contributed by atoms with Crippen LogP contribution in [0.1, 0.15) is 50.2 Å². The molecule has 0 radical (unpaired) electrons. The fourth-order valence-electron chi connectivity index (χ4n) is 4.04. The van der Waals surface area contributed by atoms with Crippen LogP contribution in [0.5, 0.6) is 0 Å². The summed E-state index contributed by atoms with van der Waals surface area (Å²) >= 11 is 0. The van der Waals surface area contributed by atoms with Crippen molar-refractivity contribution in [3.63, 3.8) is 0 Å². The Bertz CT molecular complexity index is 759. The maximum atomic E-state index is 13.1. The molecule has 29 heavy (non-hydrogen) atoms. The molecule has 1 heterocycles. The van der Waals surface area contributed by atoms with Crippen LogP contribution >= 0.6 is 0 Å². The molecule has 0 aromatic heterocycles. The first-order valence-corrected chi connectivity index (χ1v) is 10.2. The van der Waals surface area contributed by atoms with Gasteiger partial charge in [0.2, 0.25) is 5.91 Å². The van der Waals surface area contributed by atoms with Crippen molar-refractivity contribution in [3.8, 4) is 0 Å². The maximum absolute atomic E-state index is 13.1. The number of carbonyl (C=O) groups excluding carboxylic acids is 1. The first kappa shape index (κ1) is 21.5. The minimum Gasteiger partial charge on any atom is -0.357 e. The second kappa shape index (κ2) is 8.63. The molecule has 0 bridgehead atoms. The second-order valence-electron chi connectivity index (χ2n) is 8.06. The minimum absolute atomic E-state index is 0.112. The van der Waals surface area contributed by atoms with Gasteiger partial charge in [-0.3, -0.25) is 9.79 Å². The van der Waals surface area contributed by atoms with Crippen molar-refractivity contribution in [2.24, 2.45) is 4.99 Å². The molecule has 1 unspecified atom stereocenters. The molecule has 2 aliphatic rings. The van der Waals surface area contributed by atoms with E-state index in [0.717, 1.165) is 31.7 Å². The van der Waals surface area contributed by atoms with Crippen LogP contribution in [-0.2, 0) is 16.4 Å². The van der Waals surface area contributed by atoms with Crippen LogP contribution in [-0.4, -0.2) is 49.5 Å². The van der Waals surface area contributed by atoms with Crippen LogP contribution < -0.4 is 10.6 Å². The lowest BCUT2D eigenvalue weighted by molar-refractivity contribution is -0.137. The molecule has 0 spiro atoms. The molecule has 2 fully saturated rings. The standard InChI is InChI=1S/C21H29F3N4O/c1-3-25-19(27-17-8-9-18(29)28(2)13-17)26-14-20(10-5-11-20)15-6-4-7-16(12-15)21(22,23)24/h4,6-7,12,17H,3,5,8-11,13-14H2,1-2H3,(H2,25,26,27). The molecule has 8 heteroatoms. The second-order valence-corrected chi connectivity index (χ2v) is 8.06. The summed E-state index contributed by atoms with van der Waals surface area (Å²) in [4.78, 5) is 18.1. The van der Waals surface area contributed by atoms with Gasteiger partial charge in [-0.25, -0.2) is 0 Å². The van der Waals surface area contributed by atoms with E-state index in [4.69, 9.17) is 4.99 Å². The summed E-state index contributed by atoms with van der Waals surface area (Å²) < 4.78 is 39.4. The Morgan fingerprint density at radius 1 is 1.34 bits per heavy atom. The number of guanidine groups is 1. The normalized spacial score (nSPS) is 22.2. The van der Waals surface area contributed by atoms with Crippen LogP contribution in [0.2, 0.25) is 0 Å². The Hall–Kier alpha value is -2.25. The Balaban J connectivity index is 1.74. The van der Waals surface area contributed by atoms with Crippen molar-refractivity contribution in [1.29, 1.82) is 0 Å². The predicted octanol–water partition coefficient (Wildman–Crippen LogP) is 3.30. The van der Waals surface area contributed by atoms with E-state index in [1.807, 2.05) is 6.92 Å². The van der Waals surface area contributed by atoms with Crippen molar-refractivity contribution in [2.75, 3.05) is 26.7 Å². The van der Waals surface area contributed by atoms with Gasteiger partial charge >= 0.3 is 6.18 Å². The molecule has 1 aromatic carbocycles. The van der Waals surface area contributed by atoms with Crippen molar-refractivity contribution < 1.29 is 18.0 Å². The summed E-state index contributed by atoms with van der Waals surface area (Å²) in [6, 6.07) is 5.77. The number of rotatable bonds is 5. The Morgan fingerprint density at radius 2 is 2.10 bits per heavy atom. The zero-order chi connectivity index (χ0) is 21.1. The van der Waals surface area contributed by atoms with Gasteiger partial charge in [-0.1, -0.05) is 24.6 Å². The SMILES string of the molecule is CCNC(=NCC1(c2cccc(C(F)(F)F)c2)CCC1)NC1CCC(=O)N(C)C1. The van der Waals surface area contributed by atoms with Crippen molar-refractivity contribution >= 4 is 11.9 Å². The van der Waals surface area contributed by atoms with Crippen LogP contribution in [0.25, 0.3) is 0 Å². The van der Waals surface area contributed by atoms with Crippen LogP contribution in [0, 0.1) is 0 Å². The highest BCUT2D eigenvalue weighted by atomic mass is 19.4. The number of piperidine rings is 1. The number of carbonyl (C=O) groups is 1. The van der Waals surface area contributed by atoms with Gasteiger partial charge in [-0.15, -0.1) is 0 Å². The summed E-state index contributed by atoms with van der Waals surface area (Å²) in [5, 5.41) is 6.60. The number of amides is 1. The van der Waals surface area contributed by atoms with Crippen LogP contribution in [0.4, 0.5) is 13.2 Å². The molecule has 2 N–H and O–H groups in total. The van der Waals surface area contributed by atoms with E-state index in [1.165, 1.54) is 12.1 Å². The lowest BCUT2D eigenvalue weighted by atomic mass is 9.64. The number of aliphatic imine (C=N–C) groups is 1. The number of halogens is 3. The van der Waals surface area contributed by atoms with Gasteiger partial charge < -0.3 is 15.5 Å². The first-order valence-electron chi connectivity index (χ1n) is 10.2. The van der Waals surface area contributed by atoms with E-state index in [-0.39, 0.29) is 17.4 Å². The molecule has 3 rings (SSSR count). The van der Waals surface area contributed by atoms with Crippen LogP contribution in [0.3, 0.4) is 0 Å². The molecule has 1 saturated heterocycles. The molecular formula is C21H29F3N4O. The van der Waals surface area contributed by atoms with Gasteiger partial charge in [0.15, 0.2) is 5.96 Å². The quantitative estimate of drug-likeness (QED) is 0.579. The molecule has 1 amide bonds. The zero-order valence-corrected chi connectivity index (χ0v) is 17.0. The molecule has 1 aliphatic heterocycles. The summed E-state index contributed by atoms with van der Waals surface area (Å²) in [6.07, 6.45) is -0.444. The Labute approximate surface area is 169 Å². The van der Waals surface area contributed by atoms with Gasteiger partial charge in [-0.05, 0) is 37.8 Å². The third-order valence-corrected chi connectivity index (χ3v) is 5.96. The van der Waals surface area contributed by atoms with E-state index in [2.05, 4.69) is 10.6 Å². The fourth-order valence-corrected chi connectivity index (χ4v) is 4.04. The number of nitrogens with zero attached hydrogens (tertiary/aromatic N) is 2. The molecule has 5 nitrogen and oxygen atoms in total. The topological polar surface area (TPSA) is 56.7 Å². The Kier molecular flexibility index (Phi) is 6.39. The lowest BCUT2D eigenvalue weighted by Gasteiger charge is -2.42. The summed E-state index contributed by atoms with van der Waals surface area (Å²) in [7, 11) is 1.79. The van der Waals surface area contributed by atoms with Gasteiger partial charge in [0.1, 0.15) is 0 Å². The average Bonchev–Trinajstić information content (AvgIpc) is 2.63.